The summed E-state index contributed by atoms with van der Waals surface area (Å²) in [6, 6.07) is 26.8. The third-order valence-electron chi connectivity index (χ3n) is 17.2. The average Bonchev–Trinajstić information content (AvgIpc) is 1.98. The number of ether oxygens (including phenoxy) is 3. The van der Waals surface area contributed by atoms with Gasteiger partial charge in [0.25, 0.3) is 0 Å². The molecule has 0 radical (unpaired) electrons. The number of carbonyl (C=O) groups is 5. The molecule has 24 heteroatoms. The molecule has 11 rings (SSSR count). The third kappa shape index (κ3) is 20.9. The van der Waals surface area contributed by atoms with Gasteiger partial charge in [0.05, 0.1) is 55.2 Å². The molecule has 2 saturated carbocycles. The summed E-state index contributed by atoms with van der Waals surface area (Å²) in [6.45, 7) is 29.7. The van der Waals surface area contributed by atoms with Crippen LogP contribution < -0.4 is 26.7 Å². The lowest BCUT2D eigenvalue weighted by Gasteiger charge is -2.32. The van der Waals surface area contributed by atoms with Gasteiger partial charge in [-0.15, -0.1) is 5.10 Å². The van der Waals surface area contributed by atoms with Crippen LogP contribution in [0.25, 0.3) is 11.1 Å². The Bertz CT molecular complexity index is 3620. The average molecular weight is 1360 g/mol. The van der Waals surface area contributed by atoms with E-state index in [1.165, 1.54) is 17.5 Å². The Balaban J connectivity index is 0.000000177. The van der Waals surface area contributed by atoms with Crippen LogP contribution in [0.2, 0.25) is 0 Å². The number of carbonyl (C=O) groups excluding carboxylic acids is 5. The Morgan fingerprint density at radius 2 is 1.17 bits per heavy atom. The van der Waals surface area contributed by atoms with Crippen molar-refractivity contribution in [2.75, 3.05) is 87.0 Å². The number of aromatic nitrogens is 6. The van der Waals surface area contributed by atoms with Crippen molar-refractivity contribution < 1.29 is 47.5 Å². The van der Waals surface area contributed by atoms with Crippen molar-refractivity contribution in [2.24, 2.45) is 11.8 Å². The van der Waals surface area contributed by atoms with Gasteiger partial charge < -0.3 is 44.8 Å². The molecular formula is C71H92BBrN12O10. The topological polar surface area (TPSA) is 258 Å². The summed E-state index contributed by atoms with van der Waals surface area (Å²) in [5, 5.41) is 23.2. The van der Waals surface area contributed by atoms with Crippen LogP contribution >= 0.6 is 15.9 Å². The molecular weight excluding hydrogens is 1270 g/mol. The largest absolute Gasteiger partial charge is 0.494 e. The van der Waals surface area contributed by atoms with Gasteiger partial charge in [0, 0.05) is 104 Å². The molecule has 22 nitrogen and oxygen atoms in total. The van der Waals surface area contributed by atoms with Gasteiger partial charge in [0.15, 0.2) is 11.6 Å². The van der Waals surface area contributed by atoms with Crippen molar-refractivity contribution in [1.29, 1.82) is 0 Å². The summed E-state index contributed by atoms with van der Waals surface area (Å²) in [5.74, 6) is 1.47. The zero-order chi connectivity index (χ0) is 68.0. The first-order valence-corrected chi connectivity index (χ1v) is 33.8. The highest BCUT2D eigenvalue weighted by Crippen LogP contribution is 2.42. The monoisotopic (exact) mass is 1360 g/mol. The first kappa shape index (κ1) is 71.6. The fourth-order valence-corrected chi connectivity index (χ4v) is 11.3. The maximum Gasteiger partial charge on any atom is 0.494 e. The van der Waals surface area contributed by atoms with Gasteiger partial charge >= 0.3 is 13.2 Å². The summed E-state index contributed by atoms with van der Waals surface area (Å²) >= 11 is 3.29. The highest BCUT2D eigenvalue weighted by Gasteiger charge is 2.52. The molecule has 5 fully saturated rings. The number of nitrogens with zero attached hydrogens (tertiary/aromatic N) is 7. The highest BCUT2D eigenvalue weighted by molar-refractivity contribution is 9.10. The van der Waals surface area contributed by atoms with Gasteiger partial charge in [0.1, 0.15) is 17.2 Å². The summed E-state index contributed by atoms with van der Waals surface area (Å²) in [4.78, 5) is 76.5. The summed E-state index contributed by atoms with van der Waals surface area (Å²) in [5.41, 5.74) is 4.86. The molecule has 2 atom stereocenters. The second kappa shape index (κ2) is 32.4. The van der Waals surface area contributed by atoms with Crippen LogP contribution in [0.3, 0.4) is 0 Å². The summed E-state index contributed by atoms with van der Waals surface area (Å²) < 4.78 is 30.8. The molecule has 4 amide bonds. The van der Waals surface area contributed by atoms with Gasteiger partial charge in [0.2, 0.25) is 23.6 Å². The molecule has 6 aromatic rings. The standard InChI is InChI=1S/C30H36N6O3.C28H40BN3O5.C13H16BrN3O2/c1-20(2)29(30(38)33-27-18-25(34-35-27)21-8-9-21)23-6-3-5-22(17-23)24-10-11-26(31-19-24)32-28(37)7-4-12-36-13-15-39-16-14-36;1-17(2)23(19-11-10-12-20(15-19)29-36-27(6,7)28(8,9)37-29)24(33)30-22-16-21(18-13-14-18)32(31-22)25(34)35-26(3,4)5;14-11-3-4-12(15-10-11)16-13(18)2-1-5-17-6-8-19-9-7-17/h3-7,10-11,17-21,29H,8-9,12-16H2,1-2H3,(H,31,32,37)(H2,33,34,35,38);10-12,15-18,23H,13-14H2,1-9H3,(H,30,31,33);1-4,10H,5-9H2,(H,15,16,18)/b7-4+;;2-1+. The van der Waals surface area contributed by atoms with Crippen LogP contribution in [0.15, 0.2) is 126 Å². The molecule has 7 heterocycles. The number of H-pyrrole nitrogens is 1. The number of rotatable bonds is 20. The molecule has 4 aromatic heterocycles. The third-order valence-corrected chi connectivity index (χ3v) is 17.6. The Labute approximate surface area is 566 Å². The predicted octanol–water partition coefficient (Wildman–Crippen LogP) is 11.4. The van der Waals surface area contributed by atoms with E-state index in [0.29, 0.717) is 29.2 Å². The second-order valence-electron chi connectivity index (χ2n) is 27.3. The fourth-order valence-electron chi connectivity index (χ4n) is 11.1. The lowest BCUT2D eigenvalue weighted by atomic mass is 9.76. The molecule has 5 N–H and O–H groups in total. The van der Waals surface area contributed by atoms with E-state index in [0.717, 1.165) is 122 Å². The normalized spacial score (nSPS) is 17.9. The van der Waals surface area contributed by atoms with Crippen LogP contribution in [0.1, 0.15) is 148 Å². The molecule has 5 aliphatic rings. The SMILES string of the molecule is CC(C)C(C(=O)Nc1cc(C2CC2)[nH]n1)c1cccc(-c2ccc(NC(=O)/C=C/CN3CCOCC3)nc2)c1.CC(C)C(C(=O)Nc1cc(C2CC2)n(C(=O)OC(C)(C)C)n1)c1cccc(B2OC(C)(C)C(C)(C)O2)c1.O=C(/C=C/CN1CCOCC1)Nc1ccc(Br)cn1. The Morgan fingerprint density at radius 3 is 1.67 bits per heavy atom. The van der Waals surface area contributed by atoms with Crippen molar-refractivity contribution in [2.45, 2.75) is 142 Å². The van der Waals surface area contributed by atoms with Gasteiger partial charge in [-0.1, -0.05) is 88.4 Å². The molecule has 0 spiro atoms. The predicted molar refractivity (Wildman–Crippen MR) is 373 cm³/mol. The Kier molecular flexibility index (Phi) is 24.4. The molecule has 3 saturated heterocycles. The number of hydrogen-bond donors (Lipinski definition) is 5. The van der Waals surface area contributed by atoms with E-state index in [-0.39, 0.29) is 47.3 Å². The maximum absolute atomic E-state index is 13.6. The van der Waals surface area contributed by atoms with E-state index in [4.69, 9.17) is 23.5 Å². The molecule has 3 aliphatic heterocycles. The van der Waals surface area contributed by atoms with Crippen molar-refractivity contribution in [3.8, 4) is 11.1 Å². The number of halogens is 1. The van der Waals surface area contributed by atoms with Gasteiger partial charge in [-0.3, -0.25) is 34.1 Å². The fraction of sp³-hybridized carbons (Fsp3) is 0.479. The number of morpholine rings is 2. The van der Waals surface area contributed by atoms with Gasteiger partial charge in [-0.05, 0) is 148 Å². The van der Waals surface area contributed by atoms with Crippen LogP contribution in [-0.4, -0.2) is 159 Å². The molecule has 0 bridgehead atoms. The minimum Gasteiger partial charge on any atom is -0.442 e. The van der Waals surface area contributed by atoms with E-state index in [9.17, 15) is 24.0 Å². The quantitative estimate of drug-likeness (QED) is 0.0352. The first-order valence-electron chi connectivity index (χ1n) is 33.0. The number of aromatic amines is 1. The second-order valence-corrected chi connectivity index (χ2v) is 28.2. The van der Waals surface area contributed by atoms with E-state index in [2.05, 4.69) is 72.3 Å². The van der Waals surface area contributed by atoms with E-state index < -0.39 is 35.9 Å². The Hall–Kier alpha value is -7.71. The van der Waals surface area contributed by atoms with Crippen LogP contribution in [0.4, 0.5) is 28.1 Å². The van der Waals surface area contributed by atoms with Crippen molar-refractivity contribution in [3.63, 3.8) is 0 Å². The van der Waals surface area contributed by atoms with Crippen LogP contribution in [-0.2, 0) is 42.7 Å². The minimum atomic E-state index is -0.641. The molecule has 2 aromatic carbocycles. The number of amides is 4. The molecule has 2 unspecified atom stereocenters. The van der Waals surface area contributed by atoms with Crippen molar-refractivity contribution >= 4 is 81.5 Å². The summed E-state index contributed by atoms with van der Waals surface area (Å²) in [6.07, 6.45) is 14.0. The smallest absolute Gasteiger partial charge is 0.442 e. The molecule has 506 valence electrons. The molecule has 95 heavy (non-hydrogen) atoms. The highest BCUT2D eigenvalue weighted by atomic mass is 79.9. The van der Waals surface area contributed by atoms with Crippen molar-refractivity contribution in [3.05, 3.63) is 149 Å². The van der Waals surface area contributed by atoms with E-state index >= 15 is 0 Å². The van der Waals surface area contributed by atoms with Gasteiger partial charge in [-0.25, -0.2) is 14.8 Å². The van der Waals surface area contributed by atoms with Gasteiger partial charge in [-0.2, -0.15) is 9.78 Å². The zero-order valence-corrected chi connectivity index (χ0v) is 58.2. The number of benzene rings is 2. The first-order chi connectivity index (χ1) is 45.3. The number of hydrogen-bond acceptors (Lipinski definition) is 16. The lowest BCUT2D eigenvalue weighted by molar-refractivity contribution is -0.119. The number of anilines is 4. The minimum absolute atomic E-state index is 0.0180. The van der Waals surface area contributed by atoms with Crippen LogP contribution in [0.5, 0.6) is 0 Å². The van der Waals surface area contributed by atoms with E-state index in [1.54, 1.807) is 42.7 Å². The Morgan fingerprint density at radius 1 is 0.642 bits per heavy atom. The zero-order valence-electron chi connectivity index (χ0n) is 56.6. The van der Waals surface area contributed by atoms with Crippen LogP contribution in [0, 0.1) is 11.8 Å². The molecule has 2 aliphatic carbocycles. The number of nitrogens with one attached hydrogen (secondary N) is 5. The van der Waals surface area contributed by atoms with Crippen molar-refractivity contribution in [1.82, 2.24) is 39.7 Å². The number of pyridine rings is 2. The van der Waals surface area contributed by atoms with E-state index in [1.807, 2.05) is 155 Å². The maximum atomic E-state index is 13.6. The lowest BCUT2D eigenvalue weighted by Crippen LogP contribution is -2.41. The summed E-state index contributed by atoms with van der Waals surface area (Å²) in [7, 11) is -0.508.